The van der Waals surface area contributed by atoms with Crippen LogP contribution in [-0.2, 0) is 4.74 Å². The van der Waals surface area contributed by atoms with Gasteiger partial charge in [0, 0.05) is 40.1 Å². The highest BCUT2D eigenvalue weighted by Crippen LogP contribution is 2.18. The largest absolute Gasteiger partial charge is 0.490 e. The SMILES string of the molecule is CN=C(NCCOc1cccnc1)N(C)CCC1CCOCC1.I. The third-order valence-corrected chi connectivity index (χ3v) is 4.08. The molecule has 0 unspecified atom stereocenters. The third-order valence-electron chi connectivity index (χ3n) is 4.08. The van der Waals surface area contributed by atoms with E-state index in [0.717, 1.165) is 37.4 Å². The van der Waals surface area contributed by atoms with Crippen LogP contribution in [0.15, 0.2) is 29.5 Å². The molecule has 2 rings (SSSR count). The second kappa shape index (κ2) is 12.3. The van der Waals surface area contributed by atoms with E-state index in [0.29, 0.717) is 13.2 Å². The summed E-state index contributed by atoms with van der Waals surface area (Å²) in [6.07, 6.45) is 7.00. The maximum atomic E-state index is 5.62. The van der Waals surface area contributed by atoms with E-state index < -0.39 is 0 Å². The van der Waals surface area contributed by atoms with Gasteiger partial charge in [0.15, 0.2) is 5.96 Å². The molecule has 0 amide bonds. The molecule has 0 aromatic carbocycles. The maximum Gasteiger partial charge on any atom is 0.193 e. The summed E-state index contributed by atoms with van der Waals surface area (Å²) in [7, 11) is 3.89. The van der Waals surface area contributed by atoms with Crippen molar-refractivity contribution in [3.05, 3.63) is 24.5 Å². The summed E-state index contributed by atoms with van der Waals surface area (Å²) in [6.45, 7) is 4.12. The van der Waals surface area contributed by atoms with Gasteiger partial charge in [-0.05, 0) is 37.3 Å². The van der Waals surface area contributed by atoms with E-state index in [2.05, 4.69) is 27.2 Å². The molecule has 1 fully saturated rings. The first-order valence-corrected chi connectivity index (χ1v) is 8.32. The minimum Gasteiger partial charge on any atom is -0.490 e. The average molecular weight is 448 g/mol. The molecule has 1 aromatic rings. The van der Waals surface area contributed by atoms with Crippen LogP contribution in [0.2, 0.25) is 0 Å². The lowest BCUT2D eigenvalue weighted by Crippen LogP contribution is -2.41. The molecule has 0 atom stereocenters. The van der Waals surface area contributed by atoms with Gasteiger partial charge in [-0.2, -0.15) is 0 Å². The van der Waals surface area contributed by atoms with Gasteiger partial charge in [-0.3, -0.25) is 9.98 Å². The molecule has 1 aliphatic heterocycles. The smallest absolute Gasteiger partial charge is 0.193 e. The predicted octanol–water partition coefficient (Wildman–Crippen LogP) is 2.40. The zero-order valence-electron chi connectivity index (χ0n) is 14.6. The molecule has 0 aliphatic carbocycles. The minimum atomic E-state index is 0. The first-order chi connectivity index (χ1) is 11.3. The molecule has 6 nitrogen and oxygen atoms in total. The van der Waals surface area contributed by atoms with Crippen LogP contribution in [0.3, 0.4) is 0 Å². The van der Waals surface area contributed by atoms with Gasteiger partial charge in [-0.1, -0.05) is 0 Å². The summed E-state index contributed by atoms with van der Waals surface area (Å²) in [5.41, 5.74) is 0. The van der Waals surface area contributed by atoms with Crippen molar-refractivity contribution in [2.24, 2.45) is 10.9 Å². The van der Waals surface area contributed by atoms with Crippen LogP contribution in [0.5, 0.6) is 5.75 Å². The summed E-state index contributed by atoms with van der Waals surface area (Å²) in [5, 5.41) is 3.33. The highest BCUT2D eigenvalue weighted by atomic mass is 127. The van der Waals surface area contributed by atoms with E-state index >= 15 is 0 Å². The summed E-state index contributed by atoms with van der Waals surface area (Å²) in [5.74, 6) is 2.47. The molecule has 1 saturated heterocycles. The van der Waals surface area contributed by atoms with Crippen molar-refractivity contribution < 1.29 is 9.47 Å². The van der Waals surface area contributed by atoms with Gasteiger partial charge in [-0.25, -0.2) is 0 Å². The number of nitrogens with zero attached hydrogens (tertiary/aromatic N) is 3. The zero-order chi connectivity index (χ0) is 16.3. The number of pyridine rings is 1. The van der Waals surface area contributed by atoms with E-state index in [4.69, 9.17) is 9.47 Å². The lowest BCUT2D eigenvalue weighted by atomic mass is 9.96. The average Bonchev–Trinajstić information content (AvgIpc) is 2.61. The van der Waals surface area contributed by atoms with Gasteiger partial charge in [0.25, 0.3) is 0 Å². The first kappa shape index (κ1) is 21.0. The lowest BCUT2D eigenvalue weighted by Gasteiger charge is -2.26. The topological polar surface area (TPSA) is 59.0 Å². The van der Waals surface area contributed by atoms with Crippen LogP contribution in [0, 0.1) is 5.92 Å². The molecule has 136 valence electrons. The van der Waals surface area contributed by atoms with E-state index in [-0.39, 0.29) is 24.0 Å². The Morgan fingerprint density at radius 1 is 1.46 bits per heavy atom. The van der Waals surface area contributed by atoms with Gasteiger partial charge in [0.1, 0.15) is 12.4 Å². The van der Waals surface area contributed by atoms with Crippen LogP contribution >= 0.6 is 24.0 Å². The van der Waals surface area contributed by atoms with Gasteiger partial charge in [-0.15, -0.1) is 24.0 Å². The van der Waals surface area contributed by atoms with Crippen LogP contribution in [0.25, 0.3) is 0 Å². The van der Waals surface area contributed by atoms with Gasteiger partial charge < -0.3 is 19.7 Å². The Hall–Kier alpha value is -1.09. The number of guanidine groups is 1. The number of ether oxygens (including phenoxy) is 2. The number of halogens is 1. The molecule has 1 N–H and O–H groups in total. The molecule has 0 spiro atoms. The number of rotatable bonds is 7. The van der Waals surface area contributed by atoms with Crippen molar-refractivity contribution in [1.82, 2.24) is 15.2 Å². The number of nitrogens with one attached hydrogen (secondary N) is 1. The van der Waals surface area contributed by atoms with Crippen LogP contribution in [0.1, 0.15) is 19.3 Å². The predicted molar refractivity (Wildman–Crippen MR) is 107 cm³/mol. The van der Waals surface area contributed by atoms with Crippen molar-refractivity contribution in [3.8, 4) is 5.75 Å². The molecule has 0 radical (unpaired) electrons. The van der Waals surface area contributed by atoms with Crippen molar-refractivity contribution in [3.63, 3.8) is 0 Å². The van der Waals surface area contributed by atoms with Gasteiger partial charge >= 0.3 is 0 Å². The molecule has 2 heterocycles. The Bertz CT molecular complexity index is 467. The number of hydrogen-bond acceptors (Lipinski definition) is 4. The molecule has 0 saturated carbocycles. The van der Waals surface area contributed by atoms with Crippen LogP contribution in [-0.4, -0.2) is 62.8 Å². The van der Waals surface area contributed by atoms with Crippen LogP contribution < -0.4 is 10.1 Å². The molecule has 7 heteroatoms. The second-order valence-corrected chi connectivity index (χ2v) is 5.78. The highest BCUT2D eigenvalue weighted by molar-refractivity contribution is 14.0. The molecule has 1 aliphatic rings. The Balaban J connectivity index is 0.00000288. The fourth-order valence-corrected chi connectivity index (χ4v) is 2.67. The van der Waals surface area contributed by atoms with Crippen molar-refractivity contribution in [1.29, 1.82) is 0 Å². The summed E-state index contributed by atoms with van der Waals surface area (Å²) >= 11 is 0. The lowest BCUT2D eigenvalue weighted by molar-refractivity contribution is 0.0625. The Labute approximate surface area is 162 Å². The van der Waals surface area contributed by atoms with E-state index in [1.165, 1.54) is 19.3 Å². The molecule has 0 bridgehead atoms. The first-order valence-electron chi connectivity index (χ1n) is 8.32. The molecular weight excluding hydrogens is 419 g/mol. The third kappa shape index (κ3) is 7.65. The number of aliphatic imine (C=N–C) groups is 1. The Morgan fingerprint density at radius 2 is 2.25 bits per heavy atom. The van der Waals surface area contributed by atoms with Gasteiger partial charge in [0.05, 0.1) is 12.7 Å². The number of hydrogen-bond donors (Lipinski definition) is 1. The summed E-state index contributed by atoms with van der Waals surface area (Å²) < 4.78 is 11.0. The zero-order valence-corrected chi connectivity index (χ0v) is 16.9. The standard InChI is InChI=1S/C17H28N4O2.HI/c1-18-17(20-9-13-23-16-4-3-8-19-14-16)21(2)10-5-15-6-11-22-12-7-15;/h3-4,8,14-15H,5-7,9-13H2,1-2H3,(H,18,20);1H. The fraction of sp³-hybridized carbons (Fsp3) is 0.647. The molecular formula is C17H29IN4O2. The maximum absolute atomic E-state index is 5.62. The summed E-state index contributed by atoms with van der Waals surface area (Å²) in [4.78, 5) is 10.5. The summed E-state index contributed by atoms with van der Waals surface area (Å²) in [6, 6.07) is 3.77. The molecule has 24 heavy (non-hydrogen) atoms. The monoisotopic (exact) mass is 448 g/mol. The van der Waals surface area contributed by atoms with Crippen LogP contribution in [0.4, 0.5) is 0 Å². The number of aromatic nitrogens is 1. The highest BCUT2D eigenvalue weighted by Gasteiger charge is 2.15. The minimum absolute atomic E-state index is 0. The van der Waals surface area contributed by atoms with Gasteiger partial charge in [0.2, 0.25) is 0 Å². The van der Waals surface area contributed by atoms with Crippen molar-refractivity contribution in [2.45, 2.75) is 19.3 Å². The normalized spacial score (nSPS) is 15.5. The Kier molecular flexibility index (Phi) is 10.7. The second-order valence-electron chi connectivity index (χ2n) is 5.78. The van der Waals surface area contributed by atoms with Crippen molar-refractivity contribution >= 4 is 29.9 Å². The Morgan fingerprint density at radius 3 is 2.92 bits per heavy atom. The fourth-order valence-electron chi connectivity index (χ4n) is 2.67. The molecule has 1 aromatic heterocycles. The van der Waals surface area contributed by atoms with E-state index in [9.17, 15) is 0 Å². The van der Waals surface area contributed by atoms with E-state index in [1.54, 1.807) is 12.4 Å². The van der Waals surface area contributed by atoms with E-state index in [1.807, 2.05) is 19.2 Å². The quantitative estimate of drug-likeness (QED) is 0.301. The van der Waals surface area contributed by atoms with Crippen molar-refractivity contribution in [2.75, 3.05) is 47.0 Å².